The zero-order chi connectivity index (χ0) is 14.5. The van der Waals surface area contributed by atoms with Crippen LogP contribution in [0.25, 0.3) is 0 Å². The van der Waals surface area contributed by atoms with E-state index in [-0.39, 0.29) is 11.9 Å². The van der Waals surface area contributed by atoms with Crippen LogP contribution in [0.4, 0.5) is 10.1 Å². The second-order valence-electron chi connectivity index (χ2n) is 5.05. The molecule has 0 aliphatic heterocycles. The largest absolute Gasteiger partial charge is 0.467 e. The number of hydrogen-bond donors (Lipinski definition) is 1. The molecule has 0 amide bonds. The van der Waals surface area contributed by atoms with Crippen LogP contribution in [0, 0.1) is 5.82 Å². The molecule has 1 aromatic carbocycles. The molecule has 2 aromatic rings. The van der Waals surface area contributed by atoms with Crippen molar-refractivity contribution in [3.8, 4) is 0 Å². The molecular weight excluding hydrogens is 255 g/mol. The minimum absolute atomic E-state index is 0.0253. The highest BCUT2D eigenvalue weighted by atomic mass is 19.1. The lowest BCUT2D eigenvalue weighted by atomic mass is 10.0. The van der Waals surface area contributed by atoms with Gasteiger partial charge in [-0.15, -0.1) is 0 Å². The monoisotopic (exact) mass is 276 g/mol. The highest BCUT2D eigenvalue weighted by molar-refractivity contribution is 5.54. The van der Waals surface area contributed by atoms with Crippen LogP contribution >= 0.6 is 0 Å². The normalized spacial score (nSPS) is 12.4. The van der Waals surface area contributed by atoms with Crippen LogP contribution in [-0.2, 0) is 13.0 Å². The third kappa shape index (κ3) is 3.39. The van der Waals surface area contributed by atoms with Crippen molar-refractivity contribution >= 4 is 5.69 Å². The fourth-order valence-electron chi connectivity index (χ4n) is 2.23. The summed E-state index contributed by atoms with van der Waals surface area (Å²) in [4.78, 5) is 1.99. The Morgan fingerprint density at radius 1 is 1.30 bits per heavy atom. The number of nitrogens with zero attached hydrogens (tertiary/aromatic N) is 1. The summed E-state index contributed by atoms with van der Waals surface area (Å²) in [5.74, 6) is 0.653. The van der Waals surface area contributed by atoms with Crippen LogP contribution in [0.2, 0.25) is 0 Å². The van der Waals surface area contributed by atoms with E-state index in [2.05, 4.69) is 0 Å². The van der Waals surface area contributed by atoms with Crippen LogP contribution in [0.15, 0.2) is 41.0 Å². The fraction of sp³-hybridized carbons (Fsp3) is 0.375. The van der Waals surface area contributed by atoms with Crippen LogP contribution in [0.1, 0.15) is 24.7 Å². The SMILES string of the molecule is CCC(N)Cc1c(F)cccc1N(C)Cc1ccco1. The van der Waals surface area contributed by atoms with E-state index in [1.807, 2.05) is 37.1 Å². The molecule has 4 heteroatoms. The zero-order valence-electron chi connectivity index (χ0n) is 12.0. The maximum absolute atomic E-state index is 14.1. The number of furan rings is 1. The van der Waals surface area contributed by atoms with Gasteiger partial charge in [0.05, 0.1) is 12.8 Å². The summed E-state index contributed by atoms with van der Waals surface area (Å²) in [5, 5.41) is 0. The summed E-state index contributed by atoms with van der Waals surface area (Å²) >= 11 is 0. The third-order valence-corrected chi connectivity index (χ3v) is 3.47. The first kappa shape index (κ1) is 14.6. The standard InChI is InChI=1S/C16H21FN2O/c1-3-12(18)10-14-15(17)7-4-8-16(14)19(2)11-13-6-5-9-20-13/h4-9,12H,3,10-11,18H2,1-2H3. The molecular formula is C16H21FN2O. The Bertz CT molecular complexity index is 539. The molecule has 1 atom stereocenters. The molecule has 0 saturated heterocycles. The van der Waals surface area contributed by atoms with Crippen LogP contribution < -0.4 is 10.6 Å². The van der Waals surface area contributed by atoms with Crippen LogP contribution in [0.3, 0.4) is 0 Å². The average Bonchev–Trinajstić information content (AvgIpc) is 2.93. The minimum Gasteiger partial charge on any atom is -0.467 e. The zero-order valence-corrected chi connectivity index (χ0v) is 12.0. The van der Waals surface area contributed by atoms with Crippen molar-refractivity contribution in [3.05, 3.63) is 53.7 Å². The van der Waals surface area contributed by atoms with Crippen molar-refractivity contribution in [2.24, 2.45) is 5.73 Å². The van der Waals surface area contributed by atoms with Crippen LogP contribution in [-0.4, -0.2) is 13.1 Å². The number of anilines is 1. The third-order valence-electron chi connectivity index (χ3n) is 3.47. The Morgan fingerprint density at radius 3 is 2.75 bits per heavy atom. The lowest BCUT2D eigenvalue weighted by Gasteiger charge is -2.23. The summed E-state index contributed by atoms with van der Waals surface area (Å²) in [6, 6.07) is 8.87. The van der Waals surface area contributed by atoms with Gasteiger partial charge in [-0.25, -0.2) is 4.39 Å². The minimum atomic E-state index is -0.197. The fourth-order valence-corrected chi connectivity index (χ4v) is 2.23. The second kappa shape index (κ2) is 6.57. The predicted molar refractivity (Wildman–Crippen MR) is 79.2 cm³/mol. The summed E-state index contributed by atoms with van der Waals surface area (Å²) < 4.78 is 19.4. The average molecular weight is 276 g/mol. The molecule has 2 rings (SSSR count). The topological polar surface area (TPSA) is 42.4 Å². The molecule has 1 aromatic heterocycles. The van der Waals surface area contributed by atoms with Gasteiger partial charge < -0.3 is 15.1 Å². The van der Waals surface area contributed by atoms with Gasteiger partial charge in [-0.1, -0.05) is 13.0 Å². The summed E-state index contributed by atoms with van der Waals surface area (Å²) in [7, 11) is 1.93. The Morgan fingerprint density at radius 2 is 2.10 bits per heavy atom. The Hall–Kier alpha value is -1.81. The summed E-state index contributed by atoms with van der Waals surface area (Å²) in [6.45, 7) is 2.61. The first-order chi connectivity index (χ1) is 9.61. The van der Waals surface area contributed by atoms with Gasteiger partial charge in [0.25, 0.3) is 0 Å². The van der Waals surface area contributed by atoms with Crippen molar-refractivity contribution in [1.29, 1.82) is 0 Å². The first-order valence-electron chi connectivity index (χ1n) is 6.88. The number of benzene rings is 1. The molecule has 0 spiro atoms. The van der Waals surface area contributed by atoms with Crippen LogP contribution in [0.5, 0.6) is 0 Å². The lowest BCUT2D eigenvalue weighted by Crippen LogP contribution is -2.25. The van der Waals surface area contributed by atoms with Crippen molar-refractivity contribution in [1.82, 2.24) is 0 Å². The van der Waals surface area contributed by atoms with Gasteiger partial charge >= 0.3 is 0 Å². The number of halogens is 1. The molecule has 108 valence electrons. The van der Waals surface area contributed by atoms with E-state index < -0.39 is 0 Å². The van der Waals surface area contributed by atoms with Crippen molar-refractivity contribution in [2.45, 2.75) is 32.4 Å². The molecule has 0 bridgehead atoms. The molecule has 1 heterocycles. The smallest absolute Gasteiger partial charge is 0.128 e. The van der Waals surface area contributed by atoms with E-state index in [4.69, 9.17) is 10.2 Å². The number of rotatable bonds is 6. The van der Waals surface area contributed by atoms with E-state index in [1.54, 1.807) is 12.3 Å². The molecule has 0 aliphatic rings. The molecule has 2 N–H and O–H groups in total. The van der Waals surface area contributed by atoms with Gasteiger partial charge in [-0.05, 0) is 37.1 Å². The van der Waals surface area contributed by atoms with Crippen molar-refractivity contribution in [2.75, 3.05) is 11.9 Å². The van der Waals surface area contributed by atoms with E-state index in [9.17, 15) is 4.39 Å². The molecule has 0 fully saturated rings. The number of nitrogens with two attached hydrogens (primary N) is 1. The Balaban J connectivity index is 2.23. The molecule has 1 unspecified atom stereocenters. The van der Waals surface area contributed by atoms with Crippen molar-refractivity contribution < 1.29 is 8.81 Å². The highest BCUT2D eigenvalue weighted by Crippen LogP contribution is 2.25. The first-order valence-corrected chi connectivity index (χ1v) is 6.88. The van der Waals surface area contributed by atoms with Gasteiger partial charge in [-0.3, -0.25) is 0 Å². The molecule has 0 aliphatic carbocycles. The van der Waals surface area contributed by atoms with E-state index >= 15 is 0 Å². The molecule has 0 radical (unpaired) electrons. The number of hydrogen-bond acceptors (Lipinski definition) is 3. The second-order valence-corrected chi connectivity index (χ2v) is 5.05. The highest BCUT2D eigenvalue weighted by Gasteiger charge is 2.15. The van der Waals surface area contributed by atoms with E-state index in [0.29, 0.717) is 18.5 Å². The molecule has 0 saturated carbocycles. The quantitative estimate of drug-likeness (QED) is 0.880. The van der Waals surface area contributed by atoms with Gasteiger partial charge in [-0.2, -0.15) is 0 Å². The van der Waals surface area contributed by atoms with E-state index in [0.717, 1.165) is 17.9 Å². The maximum Gasteiger partial charge on any atom is 0.128 e. The van der Waals surface area contributed by atoms with E-state index in [1.165, 1.54) is 6.07 Å². The van der Waals surface area contributed by atoms with Gasteiger partial charge in [0.2, 0.25) is 0 Å². The van der Waals surface area contributed by atoms with Gasteiger partial charge in [0, 0.05) is 24.3 Å². The molecule has 3 nitrogen and oxygen atoms in total. The van der Waals surface area contributed by atoms with Crippen molar-refractivity contribution in [3.63, 3.8) is 0 Å². The summed E-state index contributed by atoms with van der Waals surface area (Å²) in [6.07, 6.45) is 3.01. The maximum atomic E-state index is 14.1. The van der Waals surface area contributed by atoms with Gasteiger partial charge in [0.1, 0.15) is 11.6 Å². The molecule has 20 heavy (non-hydrogen) atoms. The Kier molecular flexibility index (Phi) is 4.79. The lowest BCUT2D eigenvalue weighted by molar-refractivity contribution is 0.506. The summed E-state index contributed by atoms with van der Waals surface area (Å²) in [5.41, 5.74) is 7.52. The predicted octanol–water partition coefficient (Wildman–Crippen LogP) is 3.33. The Labute approximate surface area is 119 Å². The van der Waals surface area contributed by atoms with Gasteiger partial charge in [0.15, 0.2) is 0 Å².